The lowest BCUT2D eigenvalue weighted by Gasteiger charge is -2.05. The fourth-order valence-electron chi connectivity index (χ4n) is 1.62. The van der Waals surface area contributed by atoms with Crippen LogP contribution in [0.2, 0.25) is 5.15 Å². The molecule has 5 nitrogen and oxygen atoms in total. The van der Waals surface area contributed by atoms with Gasteiger partial charge in [0.25, 0.3) is 0 Å². The summed E-state index contributed by atoms with van der Waals surface area (Å²) in [6.07, 6.45) is 1.28. The zero-order valence-corrected chi connectivity index (χ0v) is 10.6. The van der Waals surface area contributed by atoms with Gasteiger partial charge in [0.05, 0.1) is 11.1 Å². The molecule has 1 aromatic carbocycles. The Morgan fingerprint density at radius 3 is 2.25 bits per heavy atom. The normalized spacial score (nSPS) is 10.3. The van der Waals surface area contributed by atoms with Crippen LogP contribution in [0.1, 0.15) is 20.7 Å². The van der Waals surface area contributed by atoms with E-state index in [1.807, 2.05) is 0 Å². The van der Waals surface area contributed by atoms with Crippen molar-refractivity contribution in [2.45, 2.75) is 0 Å². The van der Waals surface area contributed by atoms with Crippen LogP contribution in [-0.4, -0.2) is 27.1 Å². The van der Waals surface area contributed by atoms with Crippen molar-refractivity contribution in [1.29, 1.82) is 0 Å². The van der Waals surface area contributed by atoms with E-state index in [-0.39, 0.29) is 10.7 Å². The molecule has 1 heterocycles. The van der Waals surface area contributed by atoms with Crippen LogP contribution in [0, 0.1) is 5.82 Å². The van der Waals surface area contributed by atoms with Crippen LogP contribution < -0.4 is 0 Å². The second-order valence-corrected chi connectivity index (χ2v) is 4.23. The maximum absolute atomic E-state index is 13.6. The molecule has 0 amide bonds. The van der Waals surface area contributed by atoms with Gasteiger partial charge in [0.1, 0.15) is 11.0 Å². The number of carboxylic acid groups (broad SMARTS) is 2. The number of hydrogen-bond acceptors (Lipinski definition) is 3. The van der Waals surface area contributed by atoms with Gasteiger partial charge in [-0.15, -0.1) is 0 Å². The minimum Gasteiger partial charge on any atom is -0.478 e. The molecule has 0 unspecified atom stereocenters. The van der Waals surface area contributed by atoms with Gasteiger partial charge in [-0.05, 0) is 23.8 Å². The molecule has 102 valence electrons. The number of benzene rings is 1. The van der Waals surface area contributed by atoms with E-state index in [1.54, 1.807) is 0 Å². The molecule has 0 saturated heterocycles. The number of carboxylic acids is 2. The molecule has 0 atom stereocenters. The molecule has 2 N–H and O–H groups in total. The van der Waals surface area contributed by atoms with Gasteiger partial charge in [-0.2, -0.15) is 0 Å². The number of aromatic nitrogens is 1. The van der Waals surface area contributed by atoms with Crippen molar-refractivity contribution < 1.29 is 24.2 Å². The number of hydrogen-bond donors (Lipinski definition) is 2. The standard InChI is InChI=1S/C13H7ClFNO4/c14-11-9(13(19)20)3-7(5-16-11)6-1-2-8(12(17)18)10(15)4-6/h1-5H,(H,17,18)(H,19,20). The summed E-state index contributed by atoms with van der Waals surface area (Å²) in [5.41, 5.74) is -0.0529. The first kappa shape index (κ1) is 14.0. The second-order valence-electron chi connectivity index (χ2n) is 3.87. The highest BCUT2D eigenvalue weighted by atomic mass is 35.5. The summed E-state index contributed by atoms with van der Waals surface area (Å²) in [5.74, 6) is -3.55. The summed E-state index contributed by atoms with van der Waals surface area (Å²) < 4.78 is 13.6. The number of aromatic carboxylic acids is 2. The van der Waals surface area contributed by atoms with E-state index in [9.17, 15) is 14.0 Å². The Morgan fingerprint density at radius 1 is 1.05 bits per heavy atom. The molecule has 2 aromatic rings. The quantitative estimate of drug-likeness (QED) is 0.850. The lowest BCUT2D eigenvalue weighted by atomic mass is 10.0. The molecule has 20 heavy (non-hydrogen) atoms. The Kier molecular flexibility index (Phi) is 3.67. The first-order valence-corrected chi connectivity index (χ1v) is 5.70. The fourth-order valence-corrected chi connectivity index (χ4v) is 1.81. The molecule has 0 bridgehead atoms. The Morgan fingerprint density at radius 2 is 1.70 bits per heavy atom. The Balaban J connectivity index is 2.52. The minimum atomic E-state index is -1.38. The number of halogens is 2. The molecule has 0 aliphatic carbocycles. The number of rotatable bonds is 3. The molecular weight excluding hydrogens is 289 g/mol. The molecule has 0 aliphatic heterocycles. The molecule has 0 fully saturated rings. The van der Waals surface area contributed by atoms with Crippen LogP contribution in [0.5, 0.6) is 0 Å². The van der Waals surface area contributed by atoms with Crippen molar-refractivity contribution in [3.8, 4) is 11.1 Å². The number of nitrogens with zero attached hydrogens (tertiary/aromatic N) is 1. The Bertz CT molecular complexity index is 718. The first-order chi connectivity index (χ1) is 9.40. The van der Waals surface area contributed by atoms with Gasteiger partial charge in [-0.25, -0.2) is 19.0 Å². The van der Waals surface area contributed by atoms with Gasteiger partial charge >= 0.3 is 11.9 Å². The van der Waals surface area contributed by atoms with Gasteiger partial charge in [-0.1, -0.05) is 17.7 Å². The third-order valence-electron chi connectivity index (χ3n) is 2.60. The monoisotopic (exact) mass is 295 g/mol. The Hall–Kier alpha value is -2.47. The average molecular weight is 296 g/mol. The van der Waals surface area contributed by atoms with Crippen LogP contribution in [0.4, 0.5) is 4.39 Å². The summed E-state index contributed by atoms with van der Waals surface area (Å²) in [6.45, 7) is 0. The van der Waals surface area contributed by atoms with Crippen molar-refractivity contribution in [1.82, 2.24) is 4.98 Å². The highest BCUT2D eigenvalue weighted by Gasteiger charge is 2.14. The SMILES string of the molecule is O=C(O)c1ccc(-c2cnc(Cl)c(C(=O)O)c2)cc1F. The highest BCUT2D eigenvalue weighted by Crippen LogP contribution is 2.25. The lowest BCUT2D eigenvalue weighted by molar-refractivity contribution is 0.0683. The second kappa shape index (κ2) is 5.26. The minimum absolute atomic E-state index is 0.177. The Labute approximate surface area is 117 Å². The smallest absolute Gasteiger partial charge is 0.338 e. The molecular formula is C13H7ClFNO4. The molecule has 0 radical (unpaired) electrons. The molecule has 2 rings (SSSR count). The van der Waals surface area contributed by atoms with E-state index < -0.39 is 23.3 Å². The predicted octanol–water partition coefficient (Wildman–Crippen LogP) is 2.94. The predicted molar refractivity (Wildman–Crippen MR) is 68.6 cm³/mol. The summed E-state index contributed by atoms with van der Waals surface area (Å²) in [4.78, 5) is 25.4. The molecule has 0 saturated carbocycles. The number of pyridine rings is 1. The van der Waals surface area contributed by atoms with E-state index in [4.69, 9.17) is 21.8 Å². The molecule has 0 spiro atoms. The topological polar surface area (TPSA) is 87.5 Å². The van der Waals surface area contributed by atoms with Gasteiger partial charge in [0.15, 0.2) is 0 Å². The number of carbonyl (C=O) groups is 2. The molecule has 1 aromatic heterocycles. The van der Waals surface area contributed by atoms with Crippen LogP contribution >= 0.6 is 11.6 Å². The van der Waals surface area contributed by atoms with E-state index >= 15 is 0 Å². The van der Waals surface area contributed by atoms with E-state index in [1.165, 1.54) is 18.3 Å². The average Bonchev–Trinajstić information content (AvgIpc) is 2.38. The summed E-state index contributed by atoms with van der Waals surface area (Å²) in [5, 5.41) is 17.5. The maximum Gasteiger partial charge on any atom is 0.338 e. The van der Waals surface area contributed by atoms with E-state index in [0.29, 0.717) is 11.1 Å². The van der Waals surface area contributed by atoms with Gasteiger partial charge < -0.3 is 10.2 Å². The van der Waals surface area contributed by atoms with Crippen molar-refractivity contribution >= 4 is 23.5 Å². The zero-order chi connectivity index (χ0) is 14.9. The van der Waals surface area contributed by atoms with Crippen molar-refractivity contribution in [3.05, 3.63) is 52.6 Å². The van der Waals surface area contributed by atoms with E-state index in [2.05, 4.69) is 4.98 Å². The summed E-state index contributed by atoms with van der Waals surface area (Å²) in [7, 11) is 0. The molecule has 7 heteroatoms. The largest absolute Gasteiger partial charge is 0.478 e. The fraction of sp³-hybridized carbons (Fsp3) is 0. The third kappa shape index (κ3) is 2.60. The maximum atomic E-state index is 13.6. The first-order valence-electron chi connectivity index (χ1n) is 5.32. The summed E-state index contributed by atoms with van der Waals surface area (Å²) >= 11 is 5.63. The van der Waals surface area contributed by atoms with E-state index in [0.717, 1.165) is 12.1 Å². The highest BCUT2D eigenvalue weighted by molar-refractivity contribution is 6.32. The summed E-state index contributed by atoms with van der Waals surface area (Å²) in [6, 6.07) is 4.71. The van der Waals surface area contributed by atoms with Gasteiger partial charge in [0.2, 0.25) is 0 Å². The van der Waals surface area contributed by atoms with Crippen molar-refractivity contribution in [3.63, 3.8) is 0 Å². The van der Waals surface area contributed by atoms with Gasteiger partial charge in [0, 0.05) is 11.8 Å². The van der Waals surface area contributed by atoms with Crippen molar-refractivity contribution in [2.24, 2.45) is 0 Å². The van der Waals surface area contributed by atoms with Crippen molar-refractivity contribution in [2.75, 3.05) is 0 Å². The van der Waals surface area contributed by atoms with Crippen LogP contribution in [0.25, 0.3) is 11.1 Å². The lowest BCUT2D eigenvalue weighted by Crippen LogP contribution is -2.01. The van der Waals surface area contributed by atoms with Crippen LogP contribution in [0.3, 0.4) is 0 Å². The zero-order valence-electron chi connectivity index (χ0n) is 9.80. The van der Waals surface area contributed by atoms with Crippen LogP contribution in [-0.2, 0) is 0 Å². The van der Waals surface area contributed by atoms with Gasteiger partial charge in [-0.3, -0.25) is 0 Å². The molecule has 0 aliphatic rings. The van der Waals surface area contributed by atoms with Crippen LogP contribution in [0.15, 0.2) is 30.5 Å². The third-order valence-corrected chi connectivity index (χ3v) is 2.90.